The van der Waals surface area contributed by atoms with Crippen LogP contribution in [0.1, 0.15) is 74.7 Å². The van der Waals surface area contributed by atoms with E-state index in [1.807, 2.05) is 13.0 Å². The normalized spacial score (nSPS) is 14.2. The molecule has 1 aromatic carbocycles. The second kappa shape index (κ2) is 25.6. The predicted octanol–water partition coefficient (Wildman–Crippen LogP) is 3.97. The van der Waals surface area contributed by atoms with Gasteiger partial charge >= 0.3 is 6.03 Å². The number of ketones is 1. The van der Waals surface area contributed by atoms with Gasteiger partial charge in [-0.25, -0.2) is 4.79 Å². The number of nitrogens with one attached hydrogen (secondary N) is 4. The largest absolute Gasteiger partial charge is 0.346 e. The highest BCUT2D eigenvalue weighted by atomic mass is 32.1. The van der Waals surface area contributed by atoms with Crippen LogP contribution in [0.2, 0.25) is 0 Å². The molecule has 1 aliphatic rings. The summed E-state index contributed by atoms with van der Waals surface area (Å²) >= 11 is 3.53. The van der Waals surface area contributed by atoms with Crippen molar-refractivity contribution in [3.05, 3.63) is 43.0 Å². The van der Waals surface area contributed by atoms with Crippen molar-refractivity contribution in [1.82, 2.24) is 26.2 Å². The van der Waals surface area contributed by atoms with E-state index < -0.39 is 53.1 Å². The van der Waals surface area contributed by atoms with Crippen LogP contribution in [-0.2, 0) is 24.0 Å². The number of para-hydroxylation sites is 1. The second-order valence-corrected chi connectivity index (χ2v) is 13.0. The smallest absolute Gasteiger partial charge is 0.315 e. The minimum atomic E-state index is -1.09. The standard InChI is InChI=1S/C28H40N6O6.C4H10.C4H6.CH4S/c1-7-15-29-25(38)22(36)18(2)31-24(37)20-14-11-16-34(20)26(39)23(28(3,4)5)32-27(40)30-17-21(35)33(6)19-12-9-8-10-13-19;1-4(2)3;1-3-4-2;1-2/h7-10,12-13,18,20,23H,1,11,14-17H2,2-6H3,(H,29,38)(H,31,37)(H2,30,32,40);4H,1-3H3;1H,4H2,2H3;2H,1H3. The molecular formula is C37H60N6O6S. The van der Waals surface area contributed by atoms with Crippen LogP contribution in [0.25, 0.3) is 0 Å². The highest BCUT2D eigenvalue weighted by Crippen LogP contribution is 2.26. The molecule has 1 saturated heterocycles. The van der Waals surface area contributed by atoms with Crippen molar-refractivity contribution in [1.29, 1.82) is 0 Å². The number of likely N-dealkylation sites (tertiary alicyclic amines) is 1. The zero-order valence-electron chi connectivity index (χ0n) is 31.6. The number of hydrogen-bond donors (Lipinski definition) is 5. The van der Waals surface area contributed by atoms with Crippen molar-refractivity contribution < 1.29 is 28.8 Å². The summed E-state index contributed by atoms with van der Waals surface area (Å²) in [6.45, 7) is 18.7. The Morgan fingerprint density at radius 3 is 2.06 bits per heavy atom. The third kappa shape index (κ3) is 18.5. The van der Waals surface area contributed by atoms with E-state index in [2.05, 4.69) is 67.2 Å². The van der Waals surface area contributed by atoms with E-state index >= 15 is 0 Å². The van der Waals surface area contributed by atoms with Gasteiger partial charge in [0.2, 0.25) is 23.5 Å². The Morgan fingerprint density at radius 1 is 1.04 bits per heavy atom. The fraction of sp³-hybridized carbons (Fsp3) is 0.568. The van der Waals surface area contributed by atoms with Crippen molar-refractivity contribution in [2.24, 2.45) is 11.3 Å². The molecule has 0 aliphatic carbocycles. The maximum Gasteiger partial charge on any atom is 0.315 e. The van der Waals surface area contributed by atoms with Gasteiger partial charge in [0.25, 0.3) is 5.91 Å². The summed E-state index contributed by atoms with van der Waals surface area (Å²) in [6.07, 6.45) is 9.66. The Labute approximate surface area is 305 Å². The maximum atomic E-state index is 13.6. The van der Waals surface area contributed by atoms with Crippen molar-refractivity contribution in [2.75, 3.05) is 37.8 Å². The molecule has 0 bridgehead atoms. The molecule has 1 aliphatic heterocycles. The third-order valence-electron chi connectivity index (χ3n) is 6.73. The summed E-state index contributed by atoms with van der Waals surface area (Å²) in [5, 5.41) is 10.1. The first-order valence-electron chi connectivity index (χ1n) is 16.7. The van der Waals surface area contributed by atoms with E-state index in [4.69, 9.17) is 6.42 Å². The summed E-state index contributed by atoms with van der Waals surface area (Å²) in [7, 11) is 1.60. The van der Waals surface area contributed by atoms with Crippen LogP contribution in [-0.4, -0.2) is 91.4 Å². The molecule has 6 amide bonds. The summed E-state index contributed by atoms with van der Waals surface area (Å²) < 4.78 is 0. The summed E-state index contributed by atoms with van der Waals surface area (Å²) in [4.78, 5) is 78.9. The first kappa shape index (κ1) is 47.8. The van der Waals surface area contributed by atoms with E-state index in [0.29, 0.717) is 18.5 Å². The fourth-order valence-corrected chi connectivity index (χ4v) is 4.19. The van der Waals surface area contributed by atoms with Crippen molar-refractivity contribution in [3.63, 3.8) is 0 Å². The molecule has 1 heterocycles. The Morgan fingerprint density at radius 2 is 1.58 bits per heavy atom. The topological polar surface area (TPSA) is 157 Å². The number of likely N-dealkylation sites (N-methyl/N-ethyl adjacent to an activating group) is 1. The Kier molecular flexibility index (Phi) is 24.5. The van der Waals surface area contributed by atoms with Gasteiger partial charge in [-0.3, -0.25) is 24.0 Å². The summed E-state index contributed by atoms with van der Waals surface area (Å²) in [5.74, 6) is 0.233. The lowest BCUT2D eigenvalue weighted by molar-refractivity contribution is -0.143. The lowest BCUT2D eigenvalue weighted by atomic mass is 9.85. The number of thiol groups is 1. The number of Topliss-reactive ketones (excluding diaryl/α,β-unsaturated/α-hetero) is 1. The number of hydrogen-bond acceptors (Lipinski definition) is 7. The van der Waals surface area contributed by atoms with E-state index in [0.717, 1.165) is 12.3 Å². The van der Waals surface area contributed by atoms with Crippen molar-refractivity contribution in [2.45, 2.75) is 92.8 Å². The molecule has 1 aromatic rings. The van der Waals surface area contributed by atoms with Gasteiger partial charge in [0.05, 0.1) is 12.6 Å². The molecule has 3 unspecified atom stereocenters. The fourth-order valence-electron chi connectivity index (χ4n) is 4.19. The first-order chi connectivity index (χ1) is 23.4. The number of amides is 6. The number of urea groups is 1. The number of benzene rings is 1. The predicted molar refractivity (Wildman–Crippen MR) is 205 cm³/mol. The zero-order valence-corrected chi connectivity index (χ0v) is 32.5. The molecule has 280 valence electrons. The van der Waals surface area contributed by atoms with Gasteiger partial charge in [-0.15, -0.1) is 18.9 Å². The van der Waals surface area contributed by atoms with Gasteiger partial charge in [-0.2, -0.15) is 12.6 Å². The molecule has 50 heavy (non-hydrogen) atoms. The van der Waals surface area contributed by atoms with Gasteiger partial charge in [0.15, 0.2) is 0 Å². The Bertz CT molecular complexity index is 1270. The van der Waals surface area contributed by atoms with Crippen LogP contribution < -0.4 is 26.2 Å². The van der Waals surface area contributed by atoms with Crippen LogP contribution >= 0.6 is 12.6 Å². The lowest BCUT2D eigenvalue weighted by Gasteiger charge is -2.35. The molecule has 12 nitrogen and oxygen atoms in total. The molecular weight excluding hydrogens is 657 g/mol. The van der Waals surface area contributed by atoms with Crippen molar-refractivity contribution in [3.8, 4) is 12.3 Å². The average Bonchev–Trinajstić information content (AvgIpc) is 3.58. The quantitative estimate of drug-likeness (QED) is 0.101. The second-order valence-electron chi connectivity index (χ2n) is 13.0. The number of rotatable bonds is 11. The van der Waals surface area contributed by atoms with Gasteiger partial charge in [0.1, 0.15) is 12.1 Å². The molecule has 13 heteroatoms. The summed E-state index contributed by atoms with van der Waals surface area (Å²) in [6, 6.07) is 5.29. The molecule has 3 atom stereocenters. The van der Waals surface area contributed by atoms with Crippen LogP contribution in [0, 0.1) is 23.7 Å². The van der Waals surface area contributed by atoms with E-state index in [1.165, 1.54) is 22.8 Å². The first-order valence-corrected chi connectivity index (χ1v) is 17.6. The zero-order chi connectivity index (χ0) is 39.0. The molecule has 0 aromatic heterocycles. The van der Waals surface area contributed by atoms with E-state index in [9.17, 15) is 28.8 Å². The SMILES string of the molecule is C#CCC.C=CCNC(=O)C(=O)C(C)NC(=O)C1CCCN1C(=O)C(NC(=O)NCC(=O)N(C)c1ccccc1)C(C)(C)C.CC(C)C.CS. The molecule has 4 N–H and O–H groups in total. The van der Waals surface area contributed by atoms with Crippen molar-refractivity contribution >= 4 is 53.8 Å². The van der Waals surface area contributed by atoms with Crippen LogP contribution in [0.5, 0.6) is 0 Å². The van der Waals surface area contributed by atoms with Gasteiger partial charge in [-0.1, -0.05) is 72.7 Å². The Balaban J connectivity index is 0. The van der Waals surface area contributed by atoms with Crippen LogP contribution in [0.15, 0.2) is 43.0 Å². The number of carbonyl (C=O) groups excluding carboxylic acids is 6. The van der Waals surface area contributed by atoms with Gasteiger partial charge in [0, 0.05) is 32.2 Å². The highest BCUT2D eigenvalue weighted by Gasteiger charge is 2.42. The minimum absolute atomic E-state index is 0.114. The van der Waals surface area contributed by atoms with Gasteiger partial charge in [-0.05, 0) is 49.5 Å². The third-order valence-corrected chi connectivity index (χ3v) is 6.73. The number of carbonyl (C=O) groups is 6. The maximum absolute atomic E-state index is 13.6. The number of anilines is 1. The van der Waals surface area contributed by atoms with Crippen LogP contribution in [0.4, 0.5) is 10.5 Å². The summed E-state index contributed by atoms with van der Waals surface area (Å²) in [5.41, 5.74) is -0.0562. The molecule has 0 saturated carbocycles. The molecule has 2 rings (SSSR count). The van der Waals surface area contributed by atoms with Crippen LogP contribution in [0.3, 0.4) is 0 Å². The van der Waals surface area contributed by atoms with Gasteiger partial charge < -0.3 is 31.1 Å². The molecule has 0 spiro atoms. The number of nitrogens with zero attached hydrogens (tertiary/aromatic N) is 2. The highest BCUT2D eigenvalue weighted by molar-refractivity contribution is 7.79. The lowest BCUT2D eigenvalue weighted by Crippen LogP contribution is -2.60. The minimum Gasteiger partial charge on any atom is -0.346 e. The average molecular weight is 717 g/mol. The Hall–Kier alpha value is -4.31. The number of terminal acetylenes is 1. The monoisotopic (exact) mass is 716 g/mol. The molecule has 0 radical (unpaired) electrons. The van der Waals surface area contributed by atoms with E-state index in [-0.39, 0.29) is 25.5 Å². The van der Waals surface area contributed by atoms with E-state index in [1.54, 1.807) is 58.3 Å². The molecule has 1 fully saturated rings.